The van der Waals surface area contributed by atoms with Gasteiger partial charge in [0.2, 0.25) is 10.0 Å². The average Bonchev–Trinajstić information content (AvgIpc) is 3.36. The molecule has 0 unspecified atom stereocenters. The number of rotatable bonds is 10. The number of amides is 1. The Morgan fingerprint density at radius 3 is 2.32 bits per heavy atom. The lowest BCUT2D eigenvalue weighted by Gasteiger charge is -2.15. The number of sulfonamides is 1. The maximum absolute atomic E-state index is 13.6. The van der Waals surface area contributed by atoms with Gasteiger partial charge in [-0.2, -0.15) is 4.31 Å². The molecule has 34 heavy (non-hydrogen) atoms. The highest BCUT2D eigenvalue weighted by Gasteiger charge is 2.27. The molecule has 1 aliphatic heterocycles. The number of hydrogen-bond donors (Lipinski definition) is 1. The van der Waals surface area contributed by atoms with E-state index in [4.69, 9.17) is 4.74 Å². The zero-order chi connectivity index (χ0) is 24.7. The Morgan fingerprint density at radius 2 is 1.68 bits per heavy atom. The Hall–Kier alpha value is -3.18. The fourth-order valence-electron chi connectivity index (χ4n) is 3.40. The molecule has 1 aliphatic rings. The summed E-state index contributed by atoms with van der Waals surface area (Å²) < 4.78 is 57.8. The van der Waals surface area contributed by atoms with Crippen molar-refractivity contribution in [1.82, 2.24) is 9.62 Å². The van der Waals surface area contributed by atoms with E-state index in [9.17, 15) is 31.6 Å². The summed E-state index contributed by atoms with van der Waals surface area (Å²) >= 11 is 0. The van der Waals surface area contributed by atoms with Gasteiger partial charge in [0.1, 0.15) is 11.6 Å². The van der Waals surface area contributed by atoms with Gasteiger partial charge in [-0.1, -0.05) is 0 Å². The second-order valence-electron chi connectivity index (χ2n) is 7.70. The molecule has 0 aromatic heterocycles. The summed E-state index contributed by atoms with van der Waals surface area (Å²) in [7, 11) is -3.58. The minimum Gasteiger partial charge on any atom is -0.457 e. The highest BCUT2D eigenvalue weighted by molar-refractivity contribution is 7.89. The van der Waals surface area contributed by atoms with E-state index in [0.29, 0.717) is 19.2 Å². The number of ketones is 1. The molecule has 1 saturated heterocycles. The lowest BCUT2D eigenvalue weighted by molar-refractivity contribution is -0.142. The van der Waals surface area contributed by atoms with Gasteiger partial charge >= 0.3 is 5.97 Å². The largest absolute Gasteiger partial charge is 0.457 e. The molecule has 1 N–H and O–H groups in total. The quantitative estimate of drug-likeness (QED) is 0.309. The van der Waals surface area contributed by atoms with Gasteiger partial charge in [0.05, 0.1) is 10.5 Å². The van der Waals surface area contributed by atoms with E-state index in [0.717, 1.165) is 25.0 Å². The van der Waals surface area contributed by atoms with Crippen molar-refractivity contribution in [3.05, 3.63) is 65.2 Å². The van der Waals surface area contributed by atoms with Crippen molar-refractivity contribution >= 4 is 27.7 Å². The summed E-state index contributed by atoms with van der Waals surface area (Å²) in [5.41, 5.74) is -0.101. The molecule has 2 aromatic carbocycles. The topological polar surface area (TPSA) is 110 Å². The summed E-state index contributed by atoms with van der Waals surface area (Å²) in [6.45, 7) is 0.493. The van der Waals surface area contributed by atoms with Gasteiger partial charge < -0.3 is 10.1 Å². The molecule has 0 aliphatic carbocycles. The first kappa shape index (κ1) is 25.4. The number of ether oxygens (including phenoxy) is 1. The summed E-state index contributed by atoms with van der Waals surface area (Å²) in [6.07, 6.45) is 1.73. The van der Waals surface area contributed by atoms with E-state index in [1.165, 1.54) is 28.6 Å². The molecule has 8 nitrogen and oxygen atoms in total. The molecular weight excluding hydrogens is 470 g/mol. The van der Waals surface area contributed by atoms with E-state index in [2.05, 4.69) is 5.32 Å². The lowest BCUT2D eigenvalue weighted by Crippen LogP contribution is -2.27. The van der Waals surface area contributed by atoms with Crippen LogP contribution in [0.25, 0.3) is 0 Å². The van der Waals surface area contributed by atoms with Crippen LogP contribution < -0.4 is 5.32 Å². The van der Waals surface area contributed by atoms with E-state index >= 15 is 0 Å². The van der Waals surface area contributed by atoms with Crippen LogP contribution in [0.1, 0.15) is 46.4 Å². The van der Waals surface area contributed by atoms with Gasteiger partial charge in [-0.05, 0) is 55.7 Å². The number of carbonyl (C=O) groups is 3. The van der Waals surface area contributed by atoms with E-state index in [-0.39, 0.29) is 35.4 Å². The van der Waals surface area contributed by atoms with Crippen molar-refractivity contribution in [3.63, 3.8) is 0 Å². The van der Waals surface area contributed by atoms with E-state index in [1.807, 2.05) is 0 Å². The Labute approximate surface area is 195 Å². The van der Waals surface area contributed by atoms with Crippen molar-refractivity contribution in [2.24, 2.45) is 0 Å². The van der Waals surface area contributed by atoms with E-state index in [1.54, 1.807) is 0 Å². The minimum atomic E-state index is -3.58. The number of nitrogens with one attached hydrogen (secondary N) is 1. The van der Waals surface area contributed by atoms with Crippen LogP contribution in [0.3, 0.4) is 0 Å². The highest BCUT2D eigenvalue weighted by atomic mass is 32.2. The second kappa shape index (κ2) is 11.3. The van der Waals surface area contributed by atoms with Gasteiger partial charge in [0.25, 0.3) is 5.91 Å². The molecule has 0 bridgehead atoms. The molecule has 1 amide bonds. The van der Waals surface area contributed by atoms with Gasteiger partial charge in [-0.15, -0.1) is 0 Å². The third-order valence-corrected chi connectivity index (χ3v) is 7.18. The summed E-state index contributed by atoms with van der Waals surface area (Å²) in [4.78, 5) is 36.1. The van der Waals surface area contributed by atoms with Crippen LogP contribution in [0.15, 0.2) is 47.4 Å². The predicted octanol–water partition coefficient (Wildman–Crippen LogP) is 2.69. The standard InChI is InChI=1S/C23H24F2N2O6S/c24-17-7-10-19(20(25)14-17)23(30)26-11-3-4-22(29)33-15-21(28)16-5-8-18(9-6-16)34(31,32)27-12-1-2-13-27/h5-10,14H,1-4,11-13,15H2,(H,26,30). The van der Waals surface area contributed by atoms with Crippen molar-refractivity contribution in [1.29, 1.82) is 0 Å². The summed E-state index contributed by atoms with van der Waals surface area (Å²) in [6, 6.07) is 8.06. The first-order chi connectivity index (χ1) is 16.2. The summed E-state index contributed by atoms with van der Waals surface area (Å²) in [5, 5.41) is 2.41. The molecule has 11 heteroatoms. The molecule has 0 radical (unpaired) electrons. The van der Waals surface area contributed by atoms with Crippen LogP contribution in [0.5, 0.6) is 0 Å². The Balaban J connectivity index is 1.40. The van der Waals surface area contributed by atoms with Gasteiger partial charge in [0, 0.05) is 37.7 Å². The maximum Gasteiger partial charge on any atom is 0.306 e. The third-order valence-electron chi connectivity index (χ3n) is 5.26. The maximum atomic E-state index is 13.6. The fourth-order valence-corrected chi connectivity index (χ4v) is 4.91. The van der Waals surface area contributed by atoms with Crippen LogP contribution in [-0.4, -0.2) is 56.6 Å². The first-order valence-electron chi connectivity index (χ1n) is 10.7. The molecule has 182 valence electrons. The fraction of sp³-hybridized carbons (Fsp3) is 0.348. The number of halogens is 2. The number of carbonyl (C=O) groups excluding carboxylic acids is 3. The van der Waals surface area contributed by atoms with Crippen molar-refractivity contribution in [3.8, 4) is 0 Å². The number of nitrogens with zero attached hydrogens (tertiary/aromatic N) is 1. The lowest BCUT2D eigenvalue weighted by atomic mass is 10.1. The number of esters is 1. The Kier molecular flexibility index (Phi) is 8.46. The minimum absolute atomic E-state index is 0.0473. The van der Waals surface area contributed by atoms with E-state index < -0.39 is 45.9 Å². The molecule has 1 heterocycles. The van der Waals surface area contributed by atoms with Gasteiger partial charge in [-0.3, -0.25) is 14.4 Å². The number of benzene rings is 2. The Morgan fingerprint density at radius 1 is 1.00 bits per heavy atom. The monoisotopic (exact) mass is 494 g/mol. The SMILES string of the molecule is O=C(CCCNC(=O)c1ccc(F)cc1F)OCC(=O)c1ccc(S(=O)(=O)N2CCCC2)cc1. The molecule has 0 spiro atoms. The Bertz CT molecular complexity index is 1160. The van der Waals surface area contributed by atoms with Crippen LogP contribution in [0.4, 0.5) is 8.78 Å². The molecule has 1 fully saturated rings. The van der Waals surface area contributed by atoms with Gasteiger partial charge in [0.15, 0.2) is 12.4 Å². The van der Waals surface area contributed by atoms with Crippen molar-refractivity contribution in [2.75, 3.05) is 26.2 Å². The normalized spacial score (nSPS) is 14.1. The number of hydrogen-bond acceptors (Lipinski definition) is 6. The molecular formula is C23H24F2N2O6S. The average molecular weight is 495 g/mol. The molecule has 3 rings (SSSR count). The van der Waals surface area contributed by atoms with Crippen LogP contribution in [0.2, 0.25) is 0 Å². The van der Waals surface area contributed by atoms with Crippen molar-refractivity contribution in [2.45, 2.75) is 30.6 Å². The smallest absolute Gasteiger partial charge is 0.306 e. The molecule has 0 saturated carbocycles. The third kappa shape index (κ3) is 6.45. The second-order valence-corrected chi connectivity index (χ2v) is 9.64. The predicted molar refractivity (Wildman–Crippen MR) is 118 cm³/mol. The number of Topliss-reactive ketones (excluding diaryl/α,β-unsaturated/α-hetero) is 1. The zero-order valence-electron chi connectivity index (χ0n) is 18.3. The zero-order valence-corrected chi connectivity index (χ0v) is 19.1. The van der Waals surface area contributed by atoms with Gasteiger partial charge in [-0.25, -0.2) is 17.2 Å². The summed E-state index contributed by atoms with van der Waals surface area (Å²) in [5.74, 6) is -3.68. The van der Waals surface area contributed by atoms with Crippen molar-refractivity contribution < 1.29 is 36.3 Å². The molecule has 0 atom stereocenters. The molecule has 2 aromatic rings. The first-order valence-corrected chi connectivity index (χ1v) is 12.1. The van der Waals surface area contributed by atoms with Crippen LogP contribution in [0, 0.1) is 11.6 Å². The van der Waals surface area contributed by atoms with Crippen LogP contribution in [-0.2, 0) is 19.6 Å². The van der Waals surface area contributed by atoms with Crippen LogP contribution >= 0.6 is 0 Å². The highest BCUT2D eigenvalue weighted by Crippen LogP contribution is 2.21.